The molecule has 0 saturated carbocycles. The number of ether oxygens (including phenoxy) is 1. The van der Waals surface area contributed by atoms with E-state index in [-0.39, 0.29) is 11.8 Å². The zero-order chi connectivity index (χ0) is 27.4. The molecule has 7 nitrogen and oxygen atoms in total. The fraction of sp³-hybridized carbons (Fsp3) is 0.355. The molecule has 0 spiro atoms. The van der Waals surface area contributed by atoms with Gasteiger partial charge in [0.2, 0.25) is 5.91 Å². The molecular formula is C31H35ClN4O3. The number of rotatable bonds is 8. The molecule has 0 unspecified atom stereocenters. The number of fused-ring (bicyclic) bond motifs is 1. The van der Waals surface area contributed by atoms with Crippen molar-refractivity contribution < 1.29 is 14.3 Å². The van der Waals surface area contributed by atoms with Crippen LogP contribution in [-0.2, 0) is 4.79 Å². The highest BCUT2D eigenvalue weighted by Crippen LogP contribution is 2.42. The van der Waals surface area contributed by atoms with Gasteiger partial charge in [-0.05, 0) is 60.5 Å². The third-order valence-electron chi connectivity index (χ3n) is 7.82. The first-order valence-electron chi connectivity index (χ1n) is 13.5. The Hall–Kier alpha value is -3.55. The summed E-state index contributed by atoms with van der Waals surface area (Å²) in [7, 11) is 3.40. The molecule has 8 heteroatoms. The van der Waals surface area contributed by atoms with Crippen molar-refractivity contribution in [2.45, 2.75) is 18.4 Å². The highest BCUT2D eigenvalue weighted by atomic mass is 35.5. The monoisotopic (exact) mass is 546 g/mol. The summed E-state index contributed by atoms with van der Waals surface area (Å²) in [6, 6.07) is 22.7. The van der Waals surface area contributed by atoms with Gasteiger partial charge in [0.15, 0.2) is 0 Å². The van der Waals surface area contributed by atoms with Gasteiger partial charge in [-0.3, -0.25) is 14.5 Å². The maximum absolute atomic E-state index is 13.7. The van der Waals surface area contributed by atoms with Crippen molar-refractivity contribution in [1.29, 1.82) is 0 Å². The standard InChI is InChI=1S/C31H35ClN4O3/c1-34-29(22-11-13-25(39-2)14-12-22)28(26-9-3-4-10-27(26)31(34)38)30(37)33-15-6-16-35-17-19-36(20-18-35)24-8-5-7-23(32)21-24/h3-5,7-14,21,28-29H,6,15-20H2,1-2H3,(H,33,37)/t28-,29-/m1/s1. The molecule has 2 amide bonds. The summed E-state index contributed by atoms with van der Waals surface area (Å²) in [4.78, 5) is 33.4. The molecule has 0 aromatic heterocycles. The van der Waals surface area contributed by atoms with Crippen molar-refractivity contribution in [1.82, 2.24) is 15.1 Å². The number of carbonyl (C=O) groups excluding carboxylic acids is 2. The Morgan fingerprint density at radius 2 is 1.74 bits per heavy atom. The van der Waals surface area contributed by atoms with Gasteiger partial charge < -0.3 is 19.9 Å². The molecule has 0 aliphatic carbocycles. The maximum atomic E-state index is 13.7. The van der Waals surface area contributed by atoms with Crippen LogP contribution in [0, 0.1) is 0 Å². The third kappa shape index (κ3) is 5.89. The molecule has 2 aliphatic heterocycles. The summed E-state index contributed by atoms with van der Waals surface area (Å²) in [5, 5.41) is 3.94. The molecule has 5 rings (SSSR count). The lowest BCUT2D eigenvalue weighted by Crippen LogP contribution is -2.47. The number of nitrogens with zero attached hydrogens (tertiary/aromatic N) is 3. The molecule has 2 atom stereocenters. The quantitative estimate of drug-likeness (QED) is 0.419. The molecule has 2 aliphatic rings. The van der Waals surface area contributed by atoms with Crippen molar-refractivity contribution in [2.24, 2.45) is 0 Å². The number of benzene rings is 3. The molecule has 0 bridgehead atoms. The van der Waals surface area contributed by atoms with E-state index in [0.29, 0.717) is 12.1 Å². The van der Waals surface area contributed by atoms with Crippen LogP contribution in [-0.4, -0.2) is 75.0 Å². The zero-order valence-electron chi connectivity index (χ0n) is 22.5. The summed E-state index contributed by atoms with van der Waals surface area (Å²) < 4.78 is 5.31. The summed E-state index contributed by atoms with van der Waals surface area (Å²) in [5.41, 5.74) is 3.43. The van der Waals surface area contributed by atoms with Crippen LogP contribution in [0.1, 0.15) is 39.9 Å². The number of piperazine rings is 1. The SMILES string of the molecule is COc1ccc([C@@H]2[C@H](C(=O)NCCCN3CCN(c4cccc(Cl)c4)CC3)c3ccccc3C(=O)N2C)cc1. The number of methoxy groups -OCH3 is 1. The van der Waals surface area contributed by atoms with E-state index in [0.717, 1.165) is 66.7 Å². The van der Waals surface area contributed by atoms with E-state index >= 15 is 0 Å². The highest BCUT2D eigenvalue weighted by molar-refractivity contribution is 6.30. The molecule has 1 fully saturated rings. The van der Waals surface area contributed by atoms with Gasteiger partial charge in [0.05, 0.1) is 19.1 Å². The average Bonchev–Trinajstić information content (AvgIpc) is 2.97. The van der Waals surface area contributed by atoms with Crippen LogP contribution in [0.25, 0.3) is 0 Å². The van der Waals surface area contributed by atoms with Crippen LogP contribution >= 0.6 is 11.6 Å². The Bertz CT molecular complexity index is 1310. The number of amides is 2. The molecule has 0 radical (unpaired) electrons. The summed E-state index contributed by atoms with van der Waals surface area (Å²) >= 11 is 6.16. The van der Waals surface area contributed by atoms with Crippen molar-refractivity contribution in [3.05, 3.63) is 94.5 Å². The maximum Gasteiger partial charge on any atom is 0.254 e. The number of carbonyl (C=O) groups is 2. The van der Waals surface area contributed by atoms with Crippen LogP contribution < -0.4 is 15.0 Å². The van der Waals surface area contributed by atoms with Crippen LogP contribution in [0.15, 0.2) is 72.8 Å². The van der Waals surface area contributed by atoms with Gasteiger partial charge in [-0.15, -0.1) is 0 Å². The van der Waals surface area contributed by atoms with Crippen molar-refractivity contribution in [2.75, 3.05) is 58.3 Å². The van der Waals surface area contributed by atoms with Gasteiger partial charge in [-0.1, -0.05) is 48.0 Å². The topological polar surface area (TPSA) is 65.1 Å². The molecule has 1 N–H and O–H groups in total. The molecule has 204 valence electrons. The average molecular weight is 547 g/mol. The largest absolute Gasteiger partial charge is 0.497 e. The van der Waals surface area contributed by atoms with Gasteiger partial charge in [0.25, 0.3) is 5.91 Å². The number of nitrogens with one attached hydrogen (secondary N) is 1. The Morgan fingerprint density at radius 3 is 2.46 bits per heavy atom. The predicted molar refractivity (Wildman–Crippen MR) is 155 cm³/mol. The zero-order valence-corrected chi connectivity index (χ0v) is 23.2. The van der Waals surface area contributed by atoms with Crippen molar-refractivity contribution in [3.63, 3.8) is 0 Å². The fourth-order valence-corrected chi connectivity index (χ4v) is 5.89. The van der Waals surface area contributed by atoms with Gasteiger partial charge in [-0.2, -0.15) is 0 Å². The molecular weight excluding hydrogens is 512 g/mol. The van der Waals surface area contributed by atoms with E-state index in [1.807, 2.05) is 66.7 Å². The number of hydrogen-bond acceptors (Lipinski definition) is 5. The normalized spacial score (nSPS) is 19.5. The second kappa shape index (κ2) is 12.1. The Kier molecular flexibility index (Phi) is 8.38. The van der Waals surface area contributed by atoms with Crippen LogP contribution in [0.2, 0.25) is 5.02 Å². The minimum Gasteiger partial charge on any atom is -0.497 e. The summed E-state index contributed by atoms with van der Waals surface area (Å²) in [6.07, 6.45) is 0.860. The third-order valence-corrected chi connectivity index (χ3v) is 8.05. The molecule has 1 saturated heterocycles. The van der Waals surface area contributed by atoms with E-state index in [2.05, 4.69) is 21.2 Å². The summed E-state index contributed by atoms with van der Waals surface area (Å²) in [6.45, 7) is 5.36. The fourth-order valence-electron chi connectivity index (χ4n) is 5.70. The van der Waals surface area contributed by atoms with E-state index in [4.69, 9.17) is 16.3 Å². The van der Waals surface area contributed by atoms with Gasteiger partial charge in [0, 0.05) is 56.0 Å². The summed E-state index contributed by atoms with van der Waals surface area (Å²) in [5.74, 6) is 0.0951. The molecule has 39 heavy (non-hydrogen) atoms. The minimum absolute atomic E-state index is 0.0617. The second-order valence-electron chi connectivity index (χ2n) is 10.2. The lowest BCUT2D eigenvalue weighted by molar-refractivity contribution is -0.124. The lowest BCUT2D eigenvalue weighted by Gasteiger charge is -2.40. The van der Waals surface area contributed by atoms with E-state index in [1.54, 1.807) is 19.1 Å². The van der Waals surface area contributed by atoms with Gasteiger partial charge >= 0.3 is 0 Å². The molecule has 3 aromatic rings. The van der Waals surface area contributed by atoms with E-state index in [9.17, 15) is 9.59 Å². The second-order valence-corrected chi connectivity index (χ2v) is 10.6. The lowest BCUT2D eigenvalue weighted by atomic mass is 9.79. The van der Waals surface area contributed by atoms with E-state index < -0.39 is 12.0 Å². The van der Waals surface area contributed by atoms with Crippen molar-refractivity contribution in [3.8, 4) is 5.75 Å². The first-order valence-corrected chi connectivity index (χ1v) is 13.8. The van der Waals surface area contributed by atoms with E-state index in [1.165, 1.54) is 0 Å². The molecule has 2 heterocycles. The van der Waals surface area contributed by atoms with Crippen LogP contribution in [0.5, 0.6) is 5.75 Å². The minimum atomic E-state index is -0.501. The van der Waals surface area contributed by atoms with Crippen LogP contribution in [0.4, 0.5) is 5.69 Å². The van der Waals surface area contributed by atoms with Crippen molar-refractivity contribution >= 4 is 29.1 Å². The number of hydrogen-bond donors (Lipinski definition) is 1. The first kappa shape index (κ1) is 27.0. The smallest absolute Gasteiger partial charge is 0.254 e. The number of likely N-dealkylation sites (N-methyl/N-ethyl adjacent to an activating group) is 1. The Labute approximate surface area is 235 Å². The first-order chi connectivity index (χ1) is 19.0. The Morgan fingerprint density at radius 1 is 1.00 bits per heavy atom. The Balaban J connectivity index is 1.21. The predicted octanol–water partition coefficient (Wildman–Crippen LogP) is 4.59. The number of anilines is 1. The highest BCUT2D eigenvalue weighted by Gasteiger charge is 2.42. The van der Waals surface area contributed by atoms with Gasteiger partial charge in [0.1, 0.15) is 5.75 Å². The van der Waals surface area contributed by atoms with Crippen LogP contribution in [0.3, 0.4) is 0 Å². The molecule has 3 aromatic carbocycles. The number of halogens is 1. The van der Waals surface area contributed by atoms with Gasteiger partial charge in [-0.25, -0.2) is 0 Å².